The van der Waals surface area contributed by atoms with Gasteiger partial charge in [-0.2, -0.15) is 0 Å². The molecule has 0 bridgehead atoms. The van der Waals surface area contributed by atoms with E-state index < -0.39 is 0 Å². The number of piperidine rings is 1. The molecule has 2 aliphatic rings. The van der Waals surface area contributed by atoms with E-state index in [9.17, 15) is 9.59 Å². The Bertz CT molecular complexity index is 617. The van der Waals surface area contributed by atoms with Gasteiger partial charge in [0, 0.05) is 30.1 Å². The van der Waals surface area contributed by atoms with Crippen LogP contribution in [0, 0.1) is 11.8 Å². The zero-order chi connectivity index (χ0) is 17.6. The van der Waals surface area contributed by atoms with Crippen LogP contribution in [0.15, 0.2) is 24.3 Å². The second-order valence-electron chi connectivity index (χ2n) is 7.47. The van der Waals surface area contributed by atoms with E-state index in [-0.39, 0.29) is 36.1 Å². The second kappa shape index (κ2) is 9.93. The highest BCUT2D eigenvalue weighted by Gasteiger charge is 2.24. The average Bonchev–Trinajstić information content (AvgIpc) is 3.15. The zero-order valence-electron chi connectivity index (χ0n) is 15.4. The van der Waals surface area contributed by atoms with Gasteiger partial charge >= 0.3 is 0 Å². The maximum absolute atomic E-state index is 12.3. The third-order valence-electron chi connectivity index (χ3n) is 5.38. The summed E-state index contributed by atoms with van der Waals surface area (Å²) in [6, 6.07) is 8.18. The van der Waals surface area contributed by atoms with Crippen LogP contribution in [0.1, 0.15) is 51.0 Å². The molecule has 0 aromatic heterocycles. The first-order chi connectivity index (χ1) is 12.1. The number of amides is 2. The minimum Gasteiger partial charge on any atom is -0.352 e. The van der Waals surface area contributed by atoms with Crippen LogP contribution in [0.25, 0.3) is 0 Å². The van der Waals surface area contributed by atoms with Gasteiger partial charge in [0.15, 0.2) is 0 Å². The van der Waals surface area contributed by atoms with E-state index in [1.165, 1.54) is 0 Å². The predicted molar refractivity (Wildman–Crippen MR) is 106 cm³/mol. The largest absolute Gasteiger partial charge is 0.352 e. The molecule has 2 fully saturated rings. The lowest BCUT2D eigenvalue weighted by molar-refractivity contribution is -0.126. The van der Waals surface area contributed by atoms with Crippen molar-refractivity contribution in [3.05, 3.63) is 29.8 Å². The zero-order valence-corrected chi connectivity index (χ0v) is 16.2. The molecule has 1 aliphatic heterocycles. The third kappa shape index (κ3) is 5.71. The van der Waals surface area contributed by atoms with Crippen molar-refractivity contribution >= 4 is 29.9 Å². The first-order valence-corrected chi connectivity index (χ1v) is 9.52. The summed E-state index contributed by atoms with van der Waals surface area (Å²) in [5, 5.41) is 9.44. The van der Waals surface area contributed by atoms with Crippen molar-refractivity contribution in [3.8, 4) is 0 Å². The highest BCUT2D eigenvalue weighted by molar-refractivity contribution is 5.92. The molecule has 1 saturated heterocycles. The van der Waals surface area contributed by atoms with Gasteiger partial charge in [-0.25, -0.2) is 0 Å². The fraction of sp³-hybridized carbons (Fsp3) is 0.600. The highest BCUT2D eigenvalue weighted by atomic mass is 35.5. The van der Waals surface area contributed by atoms with E-state index in [2.05, 4.69) is 22.9 Å². The number of carbonyl (C=O) groups is 2. The van der Waals surface area contributed by atoms with Crippen LogP contribution in [0.3, 0.4) is 0 Å². The topological polar surface area (TPSA) is 70.2 Å². The Morgan fingerprint density at radius 3 is 2.62 bits per heavy atom. The van der Waals surface area contributed by atoms with Crippen LogP contribution in [-0.4, -0.2) is 24.4 Å². The first-order valence-electron chi connectivity index (χ1n) is 9.52. The summed E-state index contributed by atoms with van der Waals surface area (Å²) in [7, 11) is 0. The van der Waals surface area contributed by atoms with Gasteiger partial charge in [-0.15, -0.1) is 12.4 Å². The van der Waals surface area contributed by atoms with Crippen molar-refractivity contribution in [3.63, 3.8) is 0 Å². The predicted octanol–water partition coefficient (Wildman–Crippen LogP) is 3.24. The van der Waals surface area contributed by atoms with E-state index in [1.54, 1.807) is 0 Å². The molecule has 3 N–H and O–H groups in total. The number of halogens is 1. The van der Waals surface area contributed by atoms with Gasteiger partial charge in [0.1, 0.15) is 0 Å². The van der Waals surface area contributed by atoms with Crippen molar-refractivity contribution in [1.82, 2.24) is 10.6 Å². The van der Waals surface area contributed by atoms with Gasteiger partial charge in [0.25, 0.3) is 0 Å². The summed E-state index contributed by atoms with van der Waals surface area (Å²) in [4.78, 5) is 24.6. The van der Waals surface area contributed by atoms with Gasteiger partial charge in [-0.05, 0) is 56.8 Å². The molecule has 1 aromatic carbocycles. The Balaban J connectivity index is 0.00000243. The van der Waals surface area contributed by atoms with Crippen LogP contribution < -0.4 is 16.0 Å². The lowest BCUT2D eigenvalue weighted by atomic mass is 9.92. The molecule has 2 amide bonds. The molecule has 1 heterocycles. The first kappa shape index (κ1) is 20.7. The molecule has 0 radical (unpaired) electrons. The third-order valence-corrected chi connectivity index (χ3v) is 5.38. The molecule has 2 atom stereocenters. The van der Waals surface area contributed by atoms with Gasteiger partial charge in [-0.1, -0.05) is 25.0 Å². The lowest BCUT2D eigenvalue weighted by Crippen LogP contribution is -2.42. The van der Waals surface area contributed by atoms with Crippen LogP contribution >= 0.6 is 12.4 Å². The molecule has 1 saturated carbocycles. The molecule has 0 spiro atoms. The van der Waals surface area contributed by atoms with Crippen molar-refractivity contribution in [2.75, 3.05) is 11.9 Å². The SMILES string of the molecule is C[C@H]1C[C@@H](C(=O)NCc2cccc(NC(=O)C3CCCC3)c2)CCN1.Cl. The molecule has 0 unspecified atom stereocenters. The highest BCUT2D eigenvalue weighted by Crippen LogP contribution is 2.26. The van der Waals surface area contributed by atoms with Crippen LogP contribution in [0.5, 0.6) is 0 Å². The summed E-state index contributed by atoms with van der Waals surface area (Å²) in [6.07, 6.45) is 6.09. The average molecular weight is 380 g/mol. The maximum atomic E-state index is 12.3. The summed E-state index contributed by atoms with van der Waals surface area (Å²) in [5.74, 6) is 0.517. The quantitative estimate of drug-likeness (QED) is 0.735. The summed E-state index contributed by atoms with van der Waals surface area (Å²) in [6.45, 7) is 3.53. The Kier molecular flexibility index (Phi) is 7.91. The fourth-order valence-electron chi connectivity index (χ4n) is 3.89. The minimum atomic E-state index is 0. The molecule has 1 aromatic rings. The monoisotopic (exact) mass is 379 g/mol. The molecule has 5 nitrogen and oxygen atoms in total. The number of benzene rings is 1. The van der Waals surface area contributed by atoms with Gasteiger partial charge in [0.2, 0.25) is 11.8 Å². The van der Waals surface area contributed by atoms with E-state index in [1.807, 2.05) is 24.3 Å². The molecule has 144 valence electrons. The van der Waals surface area contributed by atoms with Crippen LogP contribution in [-0.2, 0) is 16.1 Å². The van der Waals surface area contributed by atoms with Crippen LogP contribution in [0.4, 0.5) is 5.69 Å². The Labute approximate surface area is 162 Å². The van der Waals surface area contributed by atoms with Gasteiger partial charge in [-0.3, -0.25) is 9.59 Å². The number of rotatable bonds is 5. The molecular formula is C20H30ClN3O2. The van der Waals surface area contributed by atoms with E-state index in [4.69, 9.17) is 0 Å². The number of hydrogen-bond donors (Lipinski definition) is 3. The normalized spacial score (nSPS) is 23.1. The minimum absolute atomic E-state index is 0. The molecule has 26 heavy (non-hydrogen) atoms. The molecule has 6 heteroatoms. The van der Waals surface area contributed by atoms with E-state index >= 15 is 0 Å². The number of carbonyl (C=O) groups excluding carboxylic acids is 2. The fourth-order valence-corrected chi connectivity index (χ4v) is 3.89. The molecule has 1 aliphatic carbocycles. The standard InChI is InChI=1S/C20H29N3O2.ClH/c1-14-11-17(9-10-21-14)19(24)22-13-15-5-4-8-18(12-15)23-20(25)16-6-2-3-7-16;/h4-5,8,12,14,16-17,21H,2-3,6-7,9-11,13H2,1H3,(H,22,24)(H,23,25);1H/t14-,17-;/m0./s1. The molecular weight excluding hydrogens is 350 g/mol. The van der Waals surface area contributed by atoms with Crippen molar-refractivity contribution in [2.45, 2.75) is 58.0 Å². The Hall–Kier alpha value is -1.59. The maximum Gasteiger partial charge on any atom is 0.227 e. The van der Waals surface area contributed by atoms with Crippen molar-refractivity contribution < 1.29 is 9.59 Å². The summed E-state index contributed by atoms with van der Waals surface area (Å²) < 4.78 is 0. The number of hydrogen-bond acceptors (Lipinski definition) is 3. The van der Waals surface area contributed by atoms with Gasteiger partial charge < -0.3 is 16.0 Å². The Morgan fingerprint density at radius 2 is 1.88 bits per heavy atom. The number of nitrogens with one attached hydrogen (secondary N) is 3. The van der Waals surface area contributed by atoms with Crippen LogP contribution in [0.2, 0.25) is 0 Å². The number of anilines is 1. The van der Waals surface area contributed by atoms with Crippen molar-refractivity contribution in [2.24, 2.45) is 11.8 Å². The van der Waals surface area contributed by atoms with E-state index in [0.29, 0.717) is 12.6 Å². The molecule has 3 rings (SSSR count). The summed E-state index contributed by atoms with van der Waals surface area (Å²) in [5.41, 5.74) is 1.83. The van der Waals surface area contributed by atoms with E-state index in [0.717, 1.165) is 56.3 Å². The lowest BCUT2D eigenvalue weighted by Gasteiger charge is -2.27. The smallest absolute Gasteiger partial charge is 0.227 e. The van der Waals surface area contributed by atoms with Gasteiger partial charge in [0.05, 0.1) is 0 Å². The second-order valence-corrected chi connectivity index (χ2v) is 7.47. The Morgan fingerprint density at radius 1 is 1.12 bits per heavy atom. The summed E-state index contributed by atoms with van der Waals surface area (Å²) >= 11 is 0. The van der Waals surface area contributed by atoms with Crippen molar-refractivity contribution in [1.29, 1.82) is 0 Å².